The van der Waals surface area contributed by atoms with Crippen molar-refractivity contribution in [2.75, 3.05) is 32.8 Å². The summed E-state index contributed by atoms with van der Waals surface area (Å²) >= 11 is 0. The average molecular weight is 473 g/mol. The number of fused-ring (bicyclic) bond motifs is 1. The van der Waals surface area contributed by atoms with Crippen LogP contribution in [0.15, 0.2) is 53.4 Å². The Kier molecular flexibility index (Phi) is 7.08. The lowest BCUT2D eigenvalue weighted by Crippen LogP contribution is -2.40. The molecule has 1 saturated heterocycles. The molecule has 3 aromatic rings. The maximum absolute atomic E-state index is 12.9. The van der Waals surface area contributed by atoms with Crippen molar-refractivity contribution in [3.8, 4) is 0 Å². The predicted octanol–water partition coefficient (Wildman–Crippen LogP) is 1.38. The zero-order chi connectivity index (χ0) is 23.4. The molecule has 2 heterocycles. The first-order chi connectivity index (χ1) is 15.9. The minimum absolute atomic E-state index is 0.133. The summed E-state index contributed by atoms with van der Waals surface area (Å²) in [5.74, 6) is 0.497. The zero-order valence-electron chi connectivity index (χ0n) is 18.5. The monoisotopic (exact) mass is 472 g/mol. The number of nitrogens with zero attached hydrogens (tertiary/aromatic N) is 3. The molecule has 1 aromatic heterocycles. The van der Waals surface area contributed by atoms with E-state index in [4.69, 9.17) is 4.74 Å². The minimum Gasteiger partial charge on any atom is -0.387 e. The SMILES string of the molecule is Cn1c(CCC(=O)NCC(O)c2ccccc2)nc2cc(S(=O)(=O)N3CCOCC3)ccc21. The lowest BCUT2D eigenvalue weighted by Gasteiger charge is -2.26. The third kappa shape index (κ3) is 5.25. The highest BCUT2D eigenvalue weighted by Gasteiger charge is 2.27. The summed E-state index contributed by atoms with van der Waals surface area (Å²) in [5.41, 5.74) is 2.11. The van der Waals surface area contributed by atoms with E-state index in [2.05, 4.69) is 10.3 Å². The Balaban J connectivity index is 1.40. The van der Waals surface area contributed by atoms with Crippen LogP contribution in [0.3, 0.4) is 0 Å². The van der Waals surface area contributed by atoms with E-state index in [9.17, 15) is 18.3 Å². The Labute approximate surface area is 193 Å². The molecule has 0 saturated carbocycles. The summed E-state index contributed by atoms with van der Waals surface area (Å²) in [6, 6.07) is 14.1. The molecule has 1 amide bonds. The van der Waals surface area contributed by atoms with Gasteiger partial charge < -0.3 is 19.7 Å². The van der Waals surface area contributed by atoms with Gasteiger partial charge in [0.15, 0.2) is 0 Å². The van der Waals surface area contributed by atoms with Crippen LogP contribution in [0, 0.1) is 0 Å². The largest absolute Gasteiger partial charge is 0.387 e. The number of imidazole rings is 1. The van der Waals surface area contributed by atoms with Gasteiger partial charge in [0, 0.05) is 39.5 Å². The summed E-state index contributed by atoms with van der Waals surface area (Å²) in [5, 5.41) is 12.9. The Morgan fingerprint density at radius 1 is 1.18 bits per heavy atom. The summed E-state index contributed by atoms with van der Waals surface area (Å²) in [7, 11) is -1.76. The third-order valence-electron chi connectivity index (χ3n) is 5.81. The number of nitrogens with one attached hydrogen (secondary N) is 1. The van der Waals surface area contributed by atoms with Gasteiger partial charge in [-0.15, -0.1) is 0 Å². The summed E-state index contributed by atoms with van der Waals surface area (Å²) < 4.78 is 34.4. The van der Waals surface area contributed by atoms with Gasteiger partial charge in [-0.2, -0.15) is 4.31 Å². The molecule has 0 radical (unpaired) electrons. The number of carbonyl (C=O) groups excluding carboxylic acids is 1. The highest BCUT2D eigenvalue weighted by Crippen LogP contribution is 2.23. The molecular formula is C23H28N4O5S. The number of morpholine rings is 1. The molecule has 1 aliphatic heterocycles. The van der Waals surface area contributed by atoms with Crippen molar-refractivity contribution in [1.82, 2.24) is 19.2 Å². The Morgan fingerprint density at radius 3 is 2.64 bits per heavy atom. The number of ether oxygens (including phenoxy) is 1. The van der Waals surface area contributed by atoms with Crippen LogP contribution in [0.2, 0.25) is 0 Å². The van der Waals surface area contributed by atoms with Gasteiger partial charge in [-0.25, -0.2) is 13.4 Å². The van der Waals surface area contributed by atoms with Gasteiger partial charge in [0.25, 0.3) is 0 Å². The van der Waals surface area contributed by atoms with Crippen LogP contribution < -0.4 is 5.32 Å². The van der Waals surface area contributed by atoms with Gasteiger partial charge in [-0.1, -0.05) is 30.3 Å². The van der Waals surface area contributed by atoms with Gasteiger partial charge in [0.1, 0.15) is 5.82 Å². The summed E-state index contributed by atoms with van der Waals surface area (Å²) in [6.45, 7) is 1.58. The fourth-order valence-corrected chi connectivity index (χ4v) is 5.30. The molecule has 1 aliphatic rings. The molecule has 0 bridgehead atoms. The number of hydrogen-bond donors (Lipinski definition) is 2. The van der Waals surface area contributed by atoms with Crippen molar-refractivity contribution in [1.29, 1.82) is 0 Å². The van der Waals surface area contributed by atoms with E-state index in [1.54, 1.807) is 18.2 Å². The number of sulfonamides is 1. The van der Waals surface area contributed by atoms with Crippen LogP contribution in [0.1, 0.15) is 23.9 Å². The molecule has 1 unspecified atom stereocenters. The second kappa shape index (κ2) is 10.0. The fraction of sp³-hybridized carbons (Fsp3) is 0.391. The quantitative estimate of drug-likeness (QED) is 0.512. The van der Waals surface area contributed by atoms with Gasteiger partial charge in [0.05, 0.1) is 35.2 Å². The fourth-order valence-electron chi connectivity index (χ4n) is 3.87. The van der Waals surface area contributed by atoms with Crippen LogP contribution >= 0.6 is 0 Å². The summed E-state index contributed by atoms with van der Waals surface area (Å²) in [4.78, 5) is 17.1. The second-order valence-corrected chi connectivity index (χ2v) is 9.92. The molecule has 4 rings (SSSR count). The number of rotatable bonds is 8. The lowest BCUT2D eigenvalue weighted by molar-refractivity contribution is -0.121. The number of hydrogen-bond acceptors (Lipinski definition) is 6. The first kappa shape index (κ1) is 23.4. The molecule has 1 fully saturated rings. The highest BCUT2D eigenvalue weighted by molar-refractivity contribution is 7.89. The molecule has 0 aliphatic carbocycles. The van der Waals surface area contributed by atoms with E-state index in [1.165, 1.54) is 4.31 Å². The zero-order valence-corrected chi connectivity index (χ0v) is 19.3. The Morgan fingerprint density at radius 2 is 1.91 bits per heavy atom. The van der Waals surface area contributed by atoms with E-state index >= 15 is 0 Å². The number of benzene rings is 2. The Hall–Kier alpha value is -2.79. The number of aromatic nitrogens is 2. The van der Waals surface area contributed by atoms with E-state index in [0.717, 1.165) is 11.1 Å². The minimum atomic E-state index is -3.60. The van der Waals surface area contributed by atoms with Gasteiger partial charge in [-0.3, -0.25) is 4.79 Å². The maximum atomic E-state index is 12.9. The highest BCUT2D eigenvalue weighted by atomic mass is 32.2. The van der Waals surface area contributed by atoms with Crippen molar-refractivity contribution in [2.45, 2.75) is 23.8 Å². The molecule has 176 valence electrons. The predicted molar refractivity (Wildman–Crippen MR) is 123 cm³/mol. The molecule has 9 nitrogen and oxygen atoms in total. The van der Waals surface area contributed by atoms with Crippen molar-refractivity contribution >= 4 is 27.0 Å². The lowest BCUT2D eigenvalue weighted by atomic mass is 10.1. The smallest absolute Gasteiger partial charge is 0.243 e. The van der Waals surface area contributed by atoms with Crippen molar-refractivity contribution in [3.05, 3.63) is 59.9 Å². The Bertz CT molecular complexity index is 1220. The molecule has 2 N–H and O–H groups in total. The molecule has 0 spiro atoms. The molecular weight excluding hydrogens is 444 g/mol. The number of carbonyl (C=O) groups is 1. The number of aliphatic hydroxyl groups is 1. The average Bonchev–Trinajstić information content (AvgIpc) is 3.17. The van der Waals surface area contributed by atoms with Gasteiger partial charge >= 0.3 is 0 Å². The van der Waals surface area contributed by atoms with Crippen LogP contribution in [0.4, 0.5) is 0 Å². The first-order valence-corrected chi connectivity index (χ1v) is 12.3. The van der Waals surface area contributed by atoms with Crippen LogP contribution in [-0.4, -0.2) is 66.1 Å². The summed E-state index contributed by atoms with van der Waals surface area (Å²) in [6.07, 6.45) is -0.167. The van der Waals surface area contributed by atoms with Crippen LogP contribution in [0.5, 0.6) is 0 Å². The second-order valence-electron chi connectivity index (χ2n) is 7.98. The number of aryl methyl sites for hydroxylation is 2. The van der Waals surface area contributed by atoms with Gasteiger partial charge in [-0.05, 0) is 23.8 Å². The van der Waals surface area contributed by atoms with E-state index in [1.807, 2.05) is 41.9 Å². The number of amides is 1. The van der Waals surface area contributed by atoms with Crippen molar-refractivity contribution in [3.63, 3.8) is 0 Å². The molecule has 2 aromatic carbocycles. The van der Waals surface area contributed by atoms with Crippen LogP contribution in [0.25, 0.3) is 11.0 Å². The van der Waals surface area contributed by atoms with E-state index in [-0.39, 0.29) is 23.8 Å². The first-order valence-electron chi connectivity index (χ1n) is 10.9. The third-order valence-corrected chi connectivity index (χ3v) is 7.70. The topological polar surface area (TPSA) is 114 Å². The number of aliphatic hydroxyl groups excluding tert-OH is 1. The van der Waals surface area contributed by atoms with Crippen molar-refractivity contribution in [2.24, 2.45) is 7.05 Å². The van der Waals surface area contributed by atoms with Crippen molar-refractivity contribution < 1.29 is 23.1 Å². The molecule has 1 atom stereocenters. The molecule has 10 heteroatoms. The standard InChI is InChI=1S/C23H28N4O5S/c1-26-20-8-7-18(33(30,31)27-11-13-32-14-12-27)15-19(20)25-22(26)9-10-23(29)24-16-21(28)17-5-3-2-4-6-17/h2-8,15,21,28H,9-14,16H2,1H3,(H,24,29). The molecule has 33 heavy (non-hydrogen) atoms. The van der Waals surface area contributed by atoms with E-state index in [0.29, 0.717) is 44.1 Å². The van der Waals surface area contributed by atoms with Crippen LogP contribution in [-0.2, 0) is 33.0 Å². The normalized spacial score (nSPS) is 16.1. The van der Waals surface area contributed by atoms with Gasteiger partial charge in [0.2, 0.25) is 15.9 Å². The maximum Gasteiger partial charge on any atom is 0.243 e. The van der Waals surface area contributed by atoms with E-state index < -0.39 is 16.1 Å².